The molecule has 0 radical (unpaired) electrons. The Balaban J connectivity index is 1.62. The van der Waals surface area contributed by atoms with E-state index in [1.165, 1.54) is 29.9 Å². The van der Waals surface area contributed by atoms with Gasteiger partial charge in [0.1, 0.15) is 5.75 Å². The van der Waals surface area contributed by atoms with Crippen LogP contribution in [0.4, 0.5) is 11.6 Å². The molecule has 0 amide bonds. The Morgan fingerprint density at radius 1 is 1.11 bits per heavy atom. The van der Waals surface area contributed by atoms with Crippen LogP contribution in [0.3, 0.4) is 0 Å². The lowest BCUT2D eigenvalue weighted by Gasteiger charge is -2.15. The number of aryl methyl sites for hydroxylation is 1. The number of rotatable bonds is 7. The highest BCUT2D eigenvalue weighted by atomic mass is 35.5. The van der Waals surface area contributed by atoms with Gasteiger partial charge >= 0.3 is 17.3 Å². The van der Waals surface area contributed by atoms with Crippen molar-refractivity contribution in [2.45, 2.75) is 13.5 Å². The van der Waals surface area contributed by atoms with Gasteiger partial charge in [-0.2, -0.15) is 4.98 Å². The molecule has 2 aromatic heterocycles. The number of halogens is 1. The quantitative estimate of drug-likeness (QED) is 0.399. The molecule has 0 aliphatic heterocycles. The van der Waals surface area contributed by atoms with Crippen LogP contribution < -0.4 is 21.4 Å². The second-order valence-corrected chi connectivity index (χ2v) is 8.10. The van der Waals surface area contributed by atoms with E-state index in [1.807, 2.05) is 0 Å². The Bertz CT molecular complexity index is 1530. The minimum Gasteiger partial charge on any atom is -0.478 e. The summed E-state index contributed by atoms with van der Waals surface area (Å²) in [7, 11) is 1.36. The molecule has 4 aromatic rings. The standard InChI is InChI=1S/C24H20ClN5O5/c1-14-11-18(7-8-19(14)35-20-12-16(21(31)32)9-10-26-20)27-22-28-23(33)29(2)24(34)30(22)13-15-3-5-17(25)6-4-15/h3-12H,13H2,1-2H3,(H,31,32)(H,27,28,33). The van der Waals surface area contributed by atoms with E-state index in [9.17, 15) is 14.4 Å². The molecule has 0 bridgehead atoms. The normalized spacial score (nSPS) is 10.7. The van der Waals surface area contributed by atoms with Crippen LogP contribution >= 0.6 is 11.6 Å². The molecule has 0 spiro atoms. The first-order valence-electron chi connectivity index (χ1n) is 10.4. The number of benzene rings is 2. The summed E-state index contributed by atoms with van der Waals surface area (Å²) in [5.74, 6) is -0.406. The summed E-state index contributed by atoms with van der Waals surface area (Å²) in [6.07, 6.45) is 1.35. The van der Waals surface area contributed by atoms with E-state index in [4.69, 9.17) is 21.4 Å². The largest absolute Gasteiger partial charge is 0.478 e. The van der Waals surface area contributed by atoms with Crippen LogP contribution in [0.2, 0.25) is 5.02 Å². The van der Waals surface area contributed by atoms with E-state index >= 15 is 0 Å². The molecule has 0 aliphatic carbocycles. The number of carbonyl (C=O) groups is 1. The van der Waals surface area contributed by atoms with E-state index in [2.05, 4.69) is 15.3 Å². The summed E-state index contributed by atoms with van der Waals surface area (Å²) < 4.78 is 8.02. The van der Waals surface area contributed by atoms with Gasteiger partial charge < -0.3 is 15.2 Å². The number of hydrogen-bond acceptors (Lipinski definition) is 7. The number of aromatic carboxylic acids is 1. The molecule has 10 nitrogen and oxygen atoms in total. The lowest BCUT2D eigenvalue weighted by atomic mass is 10.2. The number of ether oxygens (including phenoxy) is 1. The van der Waals surface area contributed by atoms with Crippen LogP contribution in [0.15, 0.2) is 70.4 Å². The molecule has 35 heavy (non-hydrogen) atoms. The van der Waals surface area contributed by atoms with Crippen molar-refractivity contribution in [1.29, 1.82) is 0 Å². The van der Waals surface area contributed by atoms with Gasteiger partial charge in [0, 0.05) is 30.0 Å². The Kier molecular flexibility index (Phi) is 6.65. The molecule has 2 N–H and O–H groups in total. The van der Waals surface area contributed by atoms with E-state index in [-0.39, 0.29) is 23.9 Å². The Morgan fingerprint density at radius 2 is 1.86 bits per heavy atom. The first-order valence-corrected chi connectivity index (χ1v) is 10.8. The number of carboxylic acid groups (broad SMARTS) is 1. The van der Waals surface area contributed by atoms with Gasteiger partial charge in [-0.25, -0.2) is 23.9 Å². The van der Waals surface area contributed by atoms with E-state index < -0.39 is 17.3 Å². The number of aromatic nitrogens is 4. The summed E-state index contributed by atoms with van der Waals surface area (Å²) >= 11 is 5.95. The predicted octanol–water partition coefficient (Wildman–Crippen LogP) is 3.58. The molecule has 0 unspecified atom stereocenters. The van der Waals surface area contributed by atoms with Gasteiger partial charge in [0.05, 0.1) is 12.1 Å². The van der Waals surface area contributed by atoms with E-state index in [0.717, 1.165) is 10.1 Å². The summed E-state index contributed by atoms with van der Waals surface area (Å²) in [5.41, 5.74) is 0.909. The molecular weight excluding hydrogens is 474 g/mol. The Hall–Kier alpha value is -4.44. The van der Waals surface area contributed by atoms with Gasteiger partial charge in [-0.1, -0.05) is 23.7 Å². The van der Waals surface area contributed by atoms with Crippen molar-refractivity contribution >= 4 is 29.2 Å². The fourth-order valence-electron chi connectivity index (χ4n) is 3.27. The number of nitrogens with one attached hydrogen (secondary N) is 1. The van der Waals surface area contributed by atoms with E-state index in [0.29, 0.717) is 22.0 Å². The molecule has 4 rings (SSSR count). The first-order chi connectivity index (χ1) is 16.7. The molecule has 0 saturated carbocycles. The number of carboxylic acids is 1. The molecule has 0 atom stereocenters. The molecule has 178 valence electrons. The van der Waals surface area contributed by atoms with Crippen LogP contribution in [0, 0.1) is 6.92 Å². The van der Waals surface area contributed by atoms with Gasteiger partial charge in [-0.05, 0) is 54.4 Å². The Morgan fingerprint density at radius 3 is 2.54 bits per heavy atom. The number of pyridine rings is 1. The highest BCUT2D eigenvalue weighted by molar-refractivity contribution is 6.30. The third-order valence-electron chi connectivity index (χ3n) is 5.14. The van der Waals surface area contributed by atoms with Crippen molar-refractivity contribution in [3.63, 3.8) is 0 Å². The molecular formula is C24H20ClN5O5. The molecule has 0 aliphatic rings. The van der Waals surface area contributed by atoms with Crippen molar-refractivity contribution in [2.24, 2.45) is 7.05 Å². The van der Waals surface area contributed by atoms with Crippen LogP contribution in [0.5, 0.6) is 11.6 Å². The minimum atomic E-state index is -1.08. The number of hydrogen-bond donors (Lipinski definition) is 2. The molecule has 0 fully saturated rings. The molecule has 2 aromatic carbocycles. The highest BCUT2D eigenvalue weighted by Gasteiger charge is 2.13. The third-order valence-corrected chi connectivity index (χ3v) is 5.40. The average molecular weight is 494 g/mol. The first kappa shape index (κ1) is 23.7. The molecule has 2 heterocycles. The Labute approximate surface area is 204 Å². The lowest BCUT2D eigenvalue weighted by molar-refractivity contribution is 0.0696. The van der Waals surface area contributed by atoms with Gasteiger partial charge in [0.15, 0.2) is 0 Å². The molecule has 0 saturated heterocycles. The second-order valence-electron chi connectivity index (χ2n) is 7.67. The van der Waals surface area contributed by atoms with Gasteiger partial charge in [-0.3, -0.25) is 4.57 Å². The van der Waals surface area contributed by atoms with Crippen molar-refractivity contribution < 1.29 is 14.6 Å². The van der Waals surface area contributed by atoms with Crippen LogP contribution in [-0.2, 0) is 13.6 Å². The van der Waals surface area contributed by atoms with E-state index in [1.54, 1.807) is 49.4 Å². The summed E-state index contributed by atoms with van der Waals surface area (Å²) in [6.45, 7) is 1.96. The van der Waals surface area contributed by atoms with Crippen molar-refractivity contribution in [3.05, 3.63) is 103 Å². The fraction of sp³-hybridized carbons (Fsp3) is 0.125. The van der Waals surface area contributed by atoms with Crippen LogP contribution in [0.25, 0.3) is 0 Å². The lowest BCUT2D eigenvalue weighted by Crippen LogP contribution is -2.41. The summed E-state index contributed by atoms with van der Waals surface area (Å²) in [4.78, 5) is 44.3. The maximum atomic E-state index is 12.8. The number of anilines is 2. The van der Waals surface area contributed by atoms with Crippen LogP contribution in [-0.4, -0.2) is 30.2 Å². The third kappa shape index (κ3) is 5.39. The highest BCUT2D eigenvalue weighted by Crippen LogP contribution is 2.27. The minimum absolute atomic E-state index is 0.0568. The van der Waals surface area contributed by atoms with Gasteiger partial charge in [0.25, 0.3) is 0 Å². The zero-order chi connectivity index (χ0) is 25.1. The van der Waals surface area contributed by atoms with Crippen molar-refractivity contribution in [1.82, 2.24) is 19.1 Å². The maximum Gasteiger partial charge on any atom is 0.354 e. The summed E-state index contributed by atoms with van der Waals surface area (Å²) in [6, 6.07) is 14.8. The summed E-state index contributed by atoms with van der Waals surface area (Å²) in [5, 5.41) is 12.7. The topological polar surface area (TPSA) is 128 Å². The van der Waals surface area contributed by atoms with Gasteiger partial charge in [-0.15, -0.1) is 0 Å². The smallest absolute Gasteiger partial charge is 0.354 e. The average Bonchev–Trinajstić information content (AvgIpc) is 2.83. The number of nitrogens with zero attached hydrogens (tertiary/aromatic N) is 4. The van der Waals surface area contributed by atoms with Crippen molar-refractivity contribution in [2.75, 3.05) is 5.32 Å². The zero-order valence-corrected chi connectivity index (χ0v) is 19.5. The maximum absolute atomic E-state index is 12.8. The SMILES string of the molecule is Cc1cc(Nc2nc(=O)n(C)c(=O)n2Cc2ccc(Cl)cc2)ccc1Oc1cc(C(=O)O)ccn1. The zero-order valence-electron chi connectivity index (χ0n) is 18.7. The fourth-order valence-corrected chi connectivity index (χ4v) is 3.40. The molecule has 11 heteroatoms. The van der Waals surface area contributed by atoms with Gasteiger partial charge in [0.2, 0.25) is 11.8 Å². The van der Waals surface area contributed by atoms with Crippen molar-refractivity contribution in [3.8, 4) is 11.6 Å². The van der Waals surface area contributed by atoms with Crippen LogP contribution in [0.1, 0.15) is 21.5 Å². The predicted molar refractivity (Wildman–Crippen MR) is 130 cm³/mol. The monoisotopic (exact) mass is 493 g/mol. The second kappa shape index (κ2) is 9.82.